The van der Waals surface area contributed by atoms with Gasteiger partial charge in [0.25, 0.3) is 0 Å². The van der Waals surface area contributed by atoms with E-state index < -0.39 is 0 Å². The largest absolute Gasteiger partial charge is 0.326 e. The molecule has 0 spiro atoms. The van der Waals surface area contributed by atoms with E-state index in [1.807, 2.05) is 23.9 Å². The Hall–Kier alpha value is -1.00. The fourth-order valence-electron chi connectivity index (χ4n) is 2.70. The van der Waals surface area contributed by atoms with Crippen LogP contribution in [0, 0.1) is 5.92 Å². The summed E-state index contributed by atoms with van der Waals surface area (Å²) in [4.78, 5) is 12.0. The maximum Gasteiger partial charge on any atom is 0.224 e. The average molecular weight is 306 g/mol. The van der Waals surface area contributed by atoms with Gasteiger partial charge in [-0.1, -0.05) is 12.1 Å². The summed E-state index contributed by atoms with van der Waals surface area (Å²) in [7, 11) is 0. The molecule has 2 N–H and O–H groups in total. The van der Waals surface area contributed by atoms with E-state index in [4.69, 9.17) is 0 Å². The van der Waals surface area contributed by atoms with Crippen LogP contribution in [0.1, 0.15) is 31.2 Å². The van der Waals surface area contributed by atoms with Gasteiger partial charge >= 0.3 is 0 Å². The Morgan fingerprint density at radius 2 is 2.00 bits per heavy atom. The minimum atomic E-state index is 0.144. The predicted molar refractivity (Wildman–Crippen MR) is 92.0 cm³/mol. The Kier molecular flexibility index (Phi) is 7.10. The number of hydrogen-bond acceptors (Lipinski definition) is 3. The van der Waals surface area contributed by atoms with Gasteiger partial charge in [-0.05, 0) is 74.4 Å². The first-order chi connectivity index (χ1) is 10.3. The van der Waals surface area contributed by atoms with Crippen LogP contribution in [0.4, 0.5) is 5.69 Å². The molecule has 116 valence electrons. The number of rotatable bonds is 7. The number of piperidine rings is 1. The van der Waals surface area contributed by atoms with Gasteiger partial charge < -0.3 is 10.6 Å². The Bertz CT molecular complexity index is 427. The molecule has 0 saturated carbocycles. The third-order valence-electron chi connectivity index (χ3n) is 4.07. The predicted octanol–water partition coefficient (Wildman–Crippen LogP) is 3.31. The zero-order chi connectivity index (χ0) is 14.9. The topological polar surface area (TPSA) is 41.1 Å². The number of thioether (sulfide) groups is 1. The minimum Gasteiger partial charge on any atom is -0.326 e. The molecule has 1 heterocycles. The second kappa shape index (κ2) is 9.11. The lowest BCUT2D eigenvalue weighted by molar-refractivity contribution is -0.116. The van der Waals surface area contributed by atoms with E-state index in [1.54, 1.807) is 0 Å². The van der Waals surface area contributed by atoms with Crippen LogP contribution in [0.5, 0.6) is 0 Å². The van der Waals surface area contributed by atoms with Gasteiger partial charge in [0.2, 0.25) is 5.91 Å². The van der Waals surface area contributed by atoms with E-state index in [2.05, 4.69) is 29.0 Å². The molecule has 0 aliphatic carbocycles. The second-order valence-corrected chi connectivity index (χ2v) is 6.71. The van der Waals surface area contributed by atoms with E-state index in [-0.39, 0.29) is 5.91 Å². The Labute approximate surface area is 132 Å². The van der Waals surface area contributed by atoms with Crippen molar-refractivity contribution in [3.63, 3.8) is 0 Å². The quantitative estimate of drug-likeness (QED) is 0.812. The molecule has 4 heteroatoms. The van der Waals surface area contributed by atoms with Gasteiger partial charge in [0.15, 0.2) is 0 Å². The number of carbonyl (C=O) groups excluding carboxylic acids is 1. The molecule has 2 rings (SSSR count). The summed E-state index contributed by atoms with van der Waals surface area (Å²) in [6.45, 7) is 2.20. The highest BCUT2D eigenvalue weighted by molar-refractivity contribution is 7.98. The van der Waals surface area contributed by atoms with E-state index in [0.717, 1.165) is 37.4 Å². The van der Waals surface area contributed by atoms with Crippen LogP contribution in [0.2, 0.25) is 0 Å². The molecule has 3 nitrogen and oxygen atoms in total. The SMILES string of the molecule is CSCCc1ccc(NC(=O)CCC2CCNCC2)cc1. The van der Waals surface area contributed by atoms with E-state index in [0.29, 0.717) is 12.3 Å². The number of amides is 1. The van der Waals surface area contributed by atoms with Crippen molar-refractivity contribution in [2.45, 2.75) is 32.1 Å². The van der Waals surface area contributed by atoms with Gasteiger partial charge in [-0.2, -0.15) is 11.8 Å². The minimum absolute atomic E-state index is 0.144. The molecule has 0 atom stereocenters. The summed E-state index contributed by atoms with van der Waals surface area (Å²) in [6, 6.07) is 8.24. The normalized spacial score (nSPS) is 15.9. The Balaban J connectivity index is 1.71. The summed E-state index contributed by atoms with van der Waals surface area (Å²) in [6.07, 6.45) is 7.27. The monoisotopic (exact) mass is 306 g/mol. The van der Waals surface area contributed by atoms with Crippen molar-refractivity contribution in [1.82, 2.24) is 5.32 Å². The number of hydrogen-bond donors (Lipinski definition) is 2. The van der Waals surface area contributed by atoms with Crippen LogP contribution in [-0.4, -0.2) is 31.0 Å². The van der Waals surface area contributed by atoms with Crippen LogP contribution >= 0.6 is 11.8 Å². The smallest absolute Gasteiger partial charge is 0.224 e. The van der Waals surface area contributed by atoms with Crippen molar-refractivity contribution in [1.29, 1.82) is 0 Å². The van der Waals surface area contributed by atoms with Gasteiger partial charge in [-0.3, -0.25) is 4.79 Å². The number of aryl methyl sites for hydroxylation is 1. The van der Waals surface area contributed by atoms with Crippen molar-refractivity contribution in [2.24, 2.45) is 5.92 Å². The van der Waals surface area contributed by atoms with Crippen molar-refractivity contribution in [3.8, 4) is 0 Å². The highest BCUT2D eigenvalue weighted by atomic mass is 32.2. The standard InChI is InChI=1S/C17H26N2OS/c1-21-13-10-14-2-5-16(6-3-14)19-17(20)7-4-15-8-11-18-12-9-15/h2-3,5-6,15,18H,4,7-13H2,1H3,(H,19,20). The lowest BCUT2D eigenvalue weighted by Crippen LogP contribution is -2.28. The first kappa shape index (κ1) is 16.4. The summed E-state index contributed by atoms with van der Waals surface area (Å²) < 4.78 is 0. The molecule has 1 aliphatic rings. The van der Waals surface area contributed by atoms with Gasteiger partial charge in [-0.25, -0.2) is 0 Å². The zero-order valence-corrected chi connectivity index (χ0v) is 13.7. The van der Waals surface area contributed by atoms with Crippen molar-refractivity contribution in [2.75, 3.05) is 30.4 Å². The highest BCUT2D eigenvalue weighted by Gasteiger charge is 2.14. The molecule has 0 unspecified atom stereocenters. The molecule has 0 radical (unpaired) electrons. The molecule has 1 aliphatic heterocycles. The van der Waals surface area contributed by atoms with Crippen LogP contribution in [0.25, 0.3) is 0 Å². The molecule has 0 aromatic heterocycles. The highest BCUT2D eigenvalue weighted by Crippen LogP contribution is 2.18. The van der Waals surface area contributed by atoms with Gasteiger partial charge in [0.1, 0.15) is 0 Å². The lowest BCUT2D eigenvalue weighted by atomic mass is 9.93. The fraction of sp³-hybridized carbons (Fsp3) is 0.588. The van der Waals surface area contributed by atoms with Crippen molar-refractivity contribution < 1.29 is 4.79 Å². The van der Waals surface area contributed by atoms with Crippen LogP contribution in [0.3, 0.4) is 0 Å². The average Bonchev–Trinajstić information content (AvgIpc) is 2.53. The zero-order valence-electron chi connectivity index (χ0n) is 12.9. The summed E-state index contributed by atoms with van der Waals surface area (Å²) in [5.74, 6) is 2.00. The fourth-order valence-corrected chi connectivity index (χ4v) is 3.14. The van der Waals surface area contributed by atoms with Gasteiger partial charge in [0.05, 0.1) is 0 Å². The summed E-state index contributed by atoms with van der Waals surface area (Å²) in [5.41, 5.74) is 2.25. The van der Waals surface area contributed by atoms with E-state index >= 15 is 0 Å². The number of nitrogens with one attached hydrogen (secondary N) is 2. The van der Waals surface area contributed by atoms with Crippen LogP contribution in [0.15, 0.2) is 24.3 Å². The molecule has 1 amide bonds. The lowest BCUT2D eigenvalue weighted by Gasteiger charge is -2.22. The van der Waals surface area contributed by atoms with Crippen molar-refractivity contribution in [3.05, 3.63) is 29.8 Å². The molecule has 1 saturated heterocycles. The number of anilines is 1. The maximum atomic E-state index is 12.0. The van der Waals surface area contributed by atoms with Crippen LogP contribution in [-0.2, 0) is 11.2 Å². The molecule has 21 heavy (non-hydrogen) atoms. The molecule has 0 bridgehead atoms. The summed E-state index contributed by atoms with van der Waals surface area (Å²) >= 11 is 1.86. The number of carbonyl (C=O) groups is 1. The third kappa shape index (κ3) is 6.10. The molecular formula is C17H26N2OS. The second-order valence-electron chi connectivity index (χ2n) is 5.72. The van der Waals surface area contributed by atoms with Gasteiger partial charge in [-0.15, -0.1) is 0 Å². The maximum absolute atomic E-state index is 12.0. The van der Waals surface area contributed by atoms with Crippen LogP contribution < -0.4 is 10.6 Å². The van der Waals surface area contributed by atoms with E-state index in [1.165, 1.54) is 18.4 Å². The molecular weight excluding hydrogens is 280 g/mol. The molecule has 1 aromatic carbocycles. The molecule has 1 fully saturated rings. The van der Waals surface area contributed by atoms with E-state index in [9.17, 15) is 4.79 Å². The third-order valence-corrected chi connectivity index (χ3v) is 4.68. The first-order valence-electron chi connectivity index (χ1n) is 7.86. The number of benzene rings is 1. The molecule has 1 aromatic rings. The summed E-state index contributed by atoms with van der Waals surface area (Å²) in [5, 5.41) is 6.36. The Morgan fingerprint density at radius 3 is 2.67 bits per heavy atom. The van der Waals surface area contributed by atoms with Crippen molar-refractivity contribution >= 4 is 23.4 Å². The first-order valence-corrected chi connectivity index (χ1v) is 9.26. The van der Waals surface area contributed by atoms with Gasteiger partial charge in [0, 0.05) is 12.1 Å². The Morgan fingerprint density at radius 1 is 1.29 bits per heavy atom.